The van der Waals surface area contributed by atoms with Crippen molar-refractivity contribution in [2.75, 3.05) is 32.8 Å². The summed E-state index contributed by atoms with van der Waals surface area (Å²) in [6.07, 6.45) is 9.02. The van der Waals surface area contributed by atoms with Crippen molar-refractivity contribution in [3.05, 3.63) is 22.4 Å². The first kappa shape index (κ1) is 17.5. The smallest absolute Gasteiger partial charge is 0.227 e. The minimum atomic E-state index is 0.0273. The van der Waals surface area contributed by atoms with Gasteiger partial charge in [0.25, 0.3) is 0 Å². The van der Waals surface area contributed by atoms with Gasteiger partial charge in [0.15, 0.2) is 0 Å². The van der Waals surface area contributed by atoms with Gasteiger partial charge in [-0.15, -0.1) is 0 Å². The van der Waals surface area contributed by atoms with E-state index in [0.717, 1.165) is 38.1 Å². The molecule has 25 heavy (non-hydrogen) atoms. The second-order valence-corrected chi connectivity index (χ2v) is 8.74. The van der Waals surface area contributed by atoms with Crippen LogP contribution in [0.3, 0.4) is 0 Å². The predicted molar refractivity (Wildman–Crippen MR) is 101 cm³/mol. The average Bonchev–Trinajstić information content (AvgIpc) is 3.16. The molecule has 1 unspecified atom stereocenters. The predicted octanol–water partition coefficient (Wildman–Crippen LogP) is 3.32. The quantitative estimate of drug-likeness (QED) is 0.827. The highest BCUT2D eigenvalue weighted by molar-refractivity contribution is 7.07. The molecule has 0 saturated carbocycles. The number of hydrogen-bond acceptors (Lipinski definition) is 4. The number of piperidine rings is 2. The highest BCUT2D eigenvalue weighted by Crippen LogP contribution is 2.37. The number of carbonyl (C=O) groups is 1. The highest BCUT2D eigenvalue weighted by Gasteiger charge is 2.42. The van der Waals surface area contributed by atoms with Crippen molar-refractivity contribution in [3.8, 4) is 0 Å². The summed E-state index contributed by atoms with van der Waals surface area (Å²) in [5, 5.41) is 4.13. The van der Waals surface area contributed by atoms with Crippen LogP contribution in [0, 0.1) is 0 Å². The zero-order valence-electron chi connectivity index (χ0n) is 15.1. The van der Waals surface area contributed by atoms with Crippen molar-refractivity contribution in [2.24, 2.45) is 0 Å². The Balaban J connectivity index is 1.31. The second-order valence-electron chi connectivity index (χ2n) is 7.96. The summed E-state index contributed by atoms with van der Waals surface area (Å²) >= 11 is 1.66. The Kier molecular flexibility index (Phi) is 5.44. The molecule has 1 amide bonds. The first-order chi connectivity index (χ1) is 12.2. The molecule has 1 aromatic rings. The molecule has 3 aliphatic rings. The van der Waals surface area contributed by atoms with Gasteiger partial charge in [0.05, 0.1) is 12.0 Å². The minimum Gasteiger partial charge on any atom is -0.375 e. The number of thiophene rings is 1. The number of rotatable bonds is 3. The van der Waals surface area contributed by atoms with Gasteiger partial charge in [-0.25, -0.2) is 0 Å². The fourth-order valence-corrected chi connectivity index (χ4v) is 5.46. The van der Waals surface area contributed by atoms with Crippen LogP contribution in [0.5, 0.6) is 0 Å². The fourth-order valence-electron chi connectivity index (χ4n) is 4.79. The molecule has 0 aromatic carbocycles. The van der Waals surface area contributed by atoms with Gasteiger partial charge in [-0.1, -0.05) is 6.42 Å². The van der Waals surface area contributed by atoms with Gasteiger partial charge >= 0.3 is 0 Å². The second kappa shape index (κ2) is 7.77. The summed E-state index contributed by atoms with van der Waals surface area (Å²) in [7, 11) is 0. The average molecular weight is 363 g/mol. The van der Waals surface area contributed by atoms with Crippen LogP contribution >= 0.6 is 11.3 Å². The highest BCUT2D eigenvalue weighted by atomic mass is 32.1. The van der Waals surface area contributed by atoms with Gasteiger partial charge in [-0.2, -0.15) is 11.3 Å². The lowest BCUT2D eigenvalue weighted by Crippen LogP contribution is -2.55. The Bertz CT molecular complexity index is 560. The van der Waals surface area contributed by atoms with E-state index in [2.05, 4.69) is 21.2 Å². The third-order valence-electron chi connectivity index (χ3n) is 6.34. The lowest BCUT2D eigenvalue weighted by molar-refractivity contribution is -0.149. The van der Waals surface area contributed by atoms with Gasteiger partial charge in [0.1, 0.15) is 0 Å². The Morgan fingerprint density at radius 3 is 2.72 bits per heavy atom. The molecule has 3 fully saturated rings. The Morgan fingerprint density at radius 1 is 1.20 bits per heavy atom. The van der Waals surface area contributed by atoms with Crippen molar-refractivity contribution in [2.45, 2.75) is 63.0 Å². The van der Waals surface area contributed by atoms with Gasteiger partial charge in [-0.05, 0) is 74.0 Å². The summed E-state index contributed by atoms with van der Waals surface area (Å²) in [6.45, 7) is 5.15. The van der Waals surface area contributed by atoms with E-state index in [0.29, 0.717) is 12.5 Å². The number of carbonyl (C=O) groups excluding carboxylic acids is 1. The fraction of sp³-hybridized carbons (Fsp3) is 0.750. The van der Waals surface area contributed by atoms with Gasteiger partial charge in [-0.3, -0.25) is 4.79 Å². The lowest BCUT2D eigenvalue weighted by atomic mass is 9.81. The molecule has 1 spiro atoms. The molecular formula is C20H30N2O2S. The van der Waals surface area contributed by atoms with Crippen LogP contribution in [-0.4, -0.2) is 60.1 Å². The minimum absolute atomic E-state index is 0.0273. The molecule has 3 saturated heterocycles. The number of amides is 1. The van der Waals surface area contributed by atoms with E-state index in [9.17, 15) is 4.79 Å². The van der Waals surface area contributed by atoms with Crippen LogP contribution in [-0.2, 0) is 16.0 Å². The third-order valence-corrected chi connectivity index (χ3v) is 7.07. The van der Waals surface area contributed by atoms with Crippen LogP contribution in [0.2, 0.25) is 0 Å². The standard InChI is InChI=1S/C20H30N2O2S/c23-19(14-17-5-13-25-16-17)22-10-6-20(7-11-22)15-18(4-12-24-20)21-8-2-1-3-9-21/h5,13,16,18H,1-4,6-12,14-15H2. The van der Waals surface area contributed by atoms with Crippen molar-refractivity contribution in [1.82, 2.24) is 9.80 Å². The van der Waals surface area contributed by atoms with Gasteiger partial charge in [0, 0.05) is 25.7 Å². The molecule has 5 heteroatoms. The Hall–Kier alpha value is -0.910. The van der Waals surface area contributed by atoms with Crippen LogP contribution in [0.1, 0.15) is 50.5 Å². The van der Waals surface area contributed by atoms with Crippen LogP contribution < -0.4 is 0 Å². The van der Waals surface area contributed by atoms with E-state index < -0.39 is 0 Å². The monoisotopic (exact) mass is 362 g/mol. The zero-order chi connectivity index (χ0) is 17.1. The molecule has 3 aliphatic heterocycles. The summed E-state index contributed by atoms with van der Waals surface area (Å²) in [5.41, 5.74) is 1.17. The van der Waals surface area contributed by atoms with Gasteiger partial charge < -0.3 is 14.5 Å². The van der Waals surface area contributed by atoms with E-state index in [4.69, 9.17) is 4.74 Å². The zero-order valence-corrected chi connectivity index (χ0v) is 15.9. The molecule has 4 heterocycles. The maximum Gasteiger partial charge on any atom is 0.227 e. The molecular weight excluding hydrogens is 332 g/mol. The number of likely N-dealkylation sites (tertiary alicyclic amines) is 2. The molecule has 1 atom stereocenters. The van der Waals surface area contributed by atoms with Crippen molar-refractivity contribution in [3.63, 3.8) is 0 Å². The first-order valence-electron chi connectivity index (χ1n) is 9.91. The lowest BCUT2D eigenvalue weighted by Gasteiger charge is -2.49. The molecule has 4 nitrogen and oxygen atoms in total. The van der Waals surface area contributed by atoms with Crippen LogP contribution in [0.15, 0.2) is 16.8 Å². The van der Waals surface area contributed by atoms with Crippen molar-refractivity contribution >= 4 is 17.2 Å². The molecule has 0 radical (unpaired) electrons. The normalized spacial score (nSPS) is 27.5. The number of hydrogen-bond donors (Lipinski definition) is 0. The number of ether oxygens (including phenoxy) is 1. The van der Waals surface area contributed by atoms with E-state index in [1.165, 1.54) is 45.2 Å². The van der Waals surface area contributed by atoms with Crippen molar-refractivity contribution in [1.29, 1.82) is 0 Å². The molecule has 138 valence electrons. The SMILES string of the molecule is O=C(Cc1ccsc1)N1CCC2(CC1)CC(N1CCCCC1)CCO2. The molecule has 0 N–H and O–H groups in total. The van der Waals surface area contributed by atoms with E-state index in [-0.39, 0.29) is 11.5 Å². The summed E-state index contributed by atoms with van der Waals surface area (Å²) in [5.74, 6) is 0.275. The Labute approximate surface area is 155 Å². The van der Waals surface area contributed by atoms with E-state index in [1.807, 2.05) is 5.38 Å². The maximum absolute atomic E-state index is 12.5. The molecule has 0 bridgehead atoms. The first-order valence-corrected chi connectivity index (χ1v) is 10.9. The summed E-state index contributed by atoms with van der Waals surface area (Å²) < 4.78 is 6.30. The van der Waals surface area contributed by atoms with Crippen LogP contribution in [0.25, 0.3) is 0 Å². The van der Waals surface area contributed by atoms with Crippen LogP contribution in [0.4, 0.5) is 0 Å². The Morgan fingerprint density at radius 2 is 2.00 bits per heavy atom. The summed E-state index contributed by atoms with van der Waals surface area (Å²) in [4.78, 5) is 17.3. The van der Waals surface area contributed by atoms with Gasteiger partial charge in [0.2, 0.25) is 5.91 Å². The molecule has 1 aromatic heterocycles. The largest absolute Gasteiger partial charge is 0.375 e. The number of nitrogens with zero attached hydrogens (tertiary/aromatic N) is 2. The molecule has 0 aliphatic carbocycles. The third kappa shape index (κ3) is 4.09. The summed E-state index contributed by atoms with van der Waals surface area (Å²) in [6, 6.07) is 2.75. The molecule has 4 rings (SSSR count). The van der Waals surface area contributed by atoms with E-state index in [1.54, 1.807) is 11.3 Å². The maximum atomic E-state index is 12.5. The topological polar surface area (TPSA) is 32.8 Å². The van der Waals surface area contributed by atoms with Crippen molar-refractivity contribution < 1.29 is 9.53 Å². The van der Waals surface area contributed by atoms with E-state index >= 15 is 0 Å².